The number of nitrogens with zero attached hydrogens (tertiary/aromatic N) is 2. The number of rotatable bonds is 0. The Hall–Kier alpha value is -3.27. The topological polar surface area (TPSA) is 49.4 Å². The molecule has 42 heavy (non-hydrogen) atoms. The van der Waals surface area contributed by atoms with Gasteiger partial charge in [-0.3, -0.25) is 0 Å². The van der Waals surface area contributed by atoms with Gasteiger partial charge in [0, 0.05) is 53.7 Å². The number of imidazole rings is 1. The van der Waals surface area contributed by atoms with Gasteiger partial charge in [-0.25, -0.2) is 4.98 Å². The minimum Gasteiger partial charge on any atom is -0.361 e. The molecule has 0 aliphatic heterocycles. The van der Waals surface area contributed by atoms with Crippen molar-refractivity contribution in [1.82, 2.24) is 19.5 Å². The molecule has 234 valence electrons. The van der Waals surface area contributed by atoms with Gasteiger partial charge in [-0.1, -0.05) is 122 Å². The van der Waals surface area contributed by atoms with Crippen LogP contribution in [0.15, 0.2) is 73.3 Å². The number of hydrogen-bond acceptors (Lipinski definition) is 1. The Morgan fingerprint density at radius 2 is 1.19 bits per heavy atom. The molecule has 0 aliphatic carbocycles. The second-order valence-corrected chi connectivity index (χ2v) is 12.6. The number of aryl methyl sites for hydroxylation is 1. The molecule has 5 aromatic rings. The lowest BCUT2D eigenvalue weighted by Crippen LogP contribution is -2.16. The molecule has 0 amide bonds. The Morgan fingerprint density at radius 3 is 1.67 bits per heavy atom. The normalized spacial score (nSPS) is 10.9. The van der Waals surface area contributed by atoms with Crippen molar-refractivity contribution >= 4 is 21.8 Å². The number of fused-ring (bicyclic) bond motifs is 2. The summed E-state index contributed by atoms with van der Waals surface area (Å²) in [5.41, 5.74) is 5.87. The van der Waals surface area contributed by atoms with Crippen molar-refractivity contribution in [1.29, 1.82) is 0 Å². The maximum absolute atomic E-state index is 4.25. The zero-order valence-corrected chi connectivity index (χ0v) is 29.8. The number of benzene rings is 2. The smallest absolute Gasteiger partial charge is 0.113 e. The van der Waals surface area contributed by atoms with Crippen LogP contribution in [0, 0.1) is 0 Å². The lowest BCUT2D eigenvalue weighted by atomic mass is 9.85. The molecule has 0 bridgehead atoms. The van der Waals surface area contributed by atoms with Crippen LogP contribution in [0.25, 0.3) is 21.8 Å². The van der Waals surface area contributed by atoms with Gasteiger partial charge in [0.05, 0.1) is 0 Å². The van der Waals surface area contributed by atoms with Crippen molar-refractivity contribution in [3.05, 3.63) is 90.3 Å². The number of nitrogens with one attached hydrogen (secondary N) is 2. The standard InChI is InChI=1S/2C12H15N.C8H14N2.3C2H6/c1-12(2,3)10-4-5-11-9(8-10)6-7-13-11;1-12(2,3)10-5-4-6-11-9(10)7-8-13-11;1-8(2,3)7-9-5-6-10(7)4;3*1-2/h2*4-8,13H,1-3H3;5-6H,1-4H3;3*1-2H3. The summed E-state index contributed by atoms with van der Waals surface area (Å²) in [6, 6.07) is 17.3. The number of aromatic amines is 2. The fourth-order valence-electron chi connectivity index (χ4n) is 4.35. The number of H-pyrrole nitrogens is 2. The summed E-state index contributed by atoms with van der Waals surface area (Å²) in [7, 11) is 2.02. The van der Waals surface area contributed by atoms with E-state index in [1.807, 2.05) is 73.4 Å². The lowest BCUT2D eigenvalue weighted by molar-refractivity contribution is 0.522. The van der Waals surface area contributed by atoms with E-state index in [0.29, 0.717) is 0 Å². The molecule has 4 heteroatoms. The highest BCUT2D eigenvalue weighted by atomic mass is 15.0. The monoisotopic (exact) mass is 574 g/mol. The van der Waals surface area contributed by atoms with E-state index < -0.39 is 0 Å². The molecule has 0 saturated carbocycles. The second-order valence-electron chi connectivity index (χ2n) is 12.6. The van der Waals surface area contributed by atoms with Crippen molar-refractivity contribution in [2.75, 3.05) is 0 Å². The van der Waals surface area contributed by atoms with Crippen molar-refractivity contribution in [2.45, 2.75) is 120 Å². The first-order valence-electron chi connectivity index (χ1n) is 15.8. The molecule has 2 aromatic carbocycles. The largest absolute Gasteiger partial charge is 0.361 e. The van der Waals surface area contributed by atoms with E-state index in [0.717, 1.165) is 5.82 Å². The first-order chi connectivity index (χ1) is 19.7. The Bertz CT molecular complexity index is 1390. The summed E-state index contributed by atoms with van der Waals surface area (Å²) in [5, 5.41) is 2.64. The van der Waals surface area contributed by atoms with Crippen LogP contribution in [0.3, 0.4) is 0 Å². The third-order valence-corrected chi connectivity index (χ3v) is 6.31. The fourth-order valence-corrected chi connectivity index (χ4v) is 4.35. The summed E-state index contributed by atoms with van der Waals surface area (Å²) >= 11 is 0. The van der Waals surface area contributed by atoms with Crippen molar-refractivity contribution < 1.29 is 0 Å². The van der Waals surface area contributed by atoms with Gasteiger partial charge in [-0.2, -0.15) is 0 Å². The van der Waals surface area contributed by atoms with Crippen LogP contribution in [-0.4, -0.2) is 19.5 Å². The highest BCUT2D eigenvalue weighted by Crippen LogP contribution is 2.29. The molecule has 5 rings (SSSR count). The Kier molecular flexibility index (Phi) is 16.3. The highest BCUT2D eigenvalue weighted by Gasteiger charge is 2.18. The molecule has 0 saturated heterocycles. The third-order valence-electron chi connectivity index (χ3n) is 6.31. The van der Waals surface area contributed by atoms with Gasteiger partial charge in [0.15, 0.2) is 0 Å². The molecular formula is C38H62N4. The van der Waals surface area contributed by atoms with Crippen LogP contribution in [-0.2, 0) is 23.3 Å². The van der Waals surface area contributed by atoms with Gasteiger partial charge in [0.2, 0.25) is 0 Å². The number of hydrogen-bond donors (Lipinski definition) is 2. The van der Waals surface area contributed by atoms with Crippen LogP contribution in [0.2, 0.25) is 0 Å². The van der Waals surface area contributed by atoms with Crippen molar-refractivity contribution in [3.8, 4) is 0 Å². The molecule has 0 aliphatic rings. The van der Waals surface area contributed by atoms with Gasteiger partial charge in [-0.05, 0) is 57.7 Å². The third kappa shape index (κ3) is 11.5. The zero-order chi connectivity index (χ0) is 32.7. The Morgan fingerprint density at radius 1 is 0.619 bits per heavy atom. The fraction of sp³-hybridized carbons (Fsp3) is 0.500. The van der Waals surface area contributed by atoms with Crippen LogP contribution >= 0.6 is 0 Å². The van der Waals surface area contributed by atoms with Gasteiger partial charge in [-0.15, -0.1) is 0 Å². The van der Waals surface area contributed by atoms with Crippen LogP contribution in [0.5, 0.6) is 0 Å². The van der Waals surface area contributed by atoms with Gasteiger partial charge < -0.3 is 14.5 Å². The van der Waals surface area contributed by atoms with Gasteiger partial charge >= 0.3 is 0 Å². The Labute approximate surface area is 258 Å². The average molecular weight is 575 g/mol. The quantitative estimate of drug-likeness (QED) is 0.190. The highest BCUT2D eigenvalue weighted by molar-refractivity contribution is 5.84. The summed E-state index contributed by atoms with van der Waals surface area (Å²) in [6.07, 6.45) is 7.79. The molecular weight excluding hydrogens is 512 g/mol. The van der Waals surface area contributed by atoms with E-state index in [4.69, 9.17) is 0 Å². The SMILES string of the molecule is CC.CC.CC.CC(C)(C)c1ccc2[nH]ccc2c1.CC(C)(C)c1cccc2[nH]ccc12.Cn1ccnc1C(C)(C)C. The van der Waals surface area contributed by atoms with Gasteiger partial charge in [0.1, 0.15) is 5.82 Å². The van der Waals surface area contributed by atoms with E-state index in [1.54, 1.807) is 0 Å². The molecule has 0 spiro atoms. The molecule has 3 heterocycles. The van der Waals surface area contributed by atoms with Crippen LogP contribution < -0.4 is 0 Å². The van der Waals surface area contributed by atoms with E-state index >= 15 is 0 Å². The van der Waals surface area contributed by atoms with Crippen LogP contribution in [0.4, 0.5) is 0 Å². The number of aromatic nitrogens is 4. The minimum atomic E-state index is 0.165. The lowest BCUT2D eigenvalue weighted by Gasteiger charge is -2.19. The van der Waals surface area contributed by atoms with Gasteiger partial charge in [0.25, 0.3) is 0 Å². The molecule has 3 aromatic heterocycles. The first-order valence-corrected chi connectivity index (χ1v) is 15.8. The van der Waals surface area contributed by atoms with Crippen molar-refractivity contribution in [2.24, 2.45) is 7.05 Å². The summed E-state index contributed by atoms with van der Waals surface area (Å²) < 4.78 is 2.06. The maximum atomic E-state index is 4.25. The predicted octanol–water partition coefficient (Wildman–Crippen LogP) is 11.7. The van der Waals surface area contributed by atoms with Crippen LogP contribution in [0.1, 0.15) is 121 Å². The Balaban J connectivity index is 0.000000555. The predicted molar refractivity (Wildman–Crippen MR) is 190 cm³/mol. The maximum Gasteiger partial charge on any atom is 0.113 e. The average Bonchev–Trinajstić information content (AvgIpc) is 3.71. The second kappa shape index (κ2) is 17.6. The zero-order valence-electron chi connectivity index (χ0n) is 29.8. The van der Waals surface area contributed by atoms with E-state index in [9.17, 15) is 0 Å². The minimum absolute atomic E-state index is 0.165. The molecule has 0 radical (unpaired) electrons. The molecule has 4 nitrogen and oxygen atoms in total. The summed E-state index contributed by atoms with van der Waals surface area (Å²) in [4.78, 5) is 10.7. The molecule has 0 atom stereocenters. The van der Waals surface area contributed by atoms with E-state index in [2.05, 4.69) is 130 Å². The molecule has 2 N–H and O–H groups in total. The molecule has 0 unspecified atom stereocenters. The summed E-state index contributed by atoms with van der Waals surface area (Å²) in [5.74, 6) is 1.13. The summed E-state index contributed by atoms with van der Waals surface area (Å²) in [6.45, 7) is 31.9. The molecule has 0 fully saturated rings. The van der Waals surface area contributed by atoms with E-state index in [1.165, 1.54) is 32.9 Å². The van der Waals surface area contributed by atoms with E-state index in [-0.39, 0.29) is 16.2 Å². The first kappa shape index (κ1) is 38.7. The van der Waals surface area contributed by atoms with Crippen molar-refractivity contribution in [3.63, 3.8) is 0 Å².